The van der Waals surface area contributed by atoms with Crippen LogP contribution in [0, 0.1) is 23.2 Å². The molecule has 0 saturated heterocycles. The first-order valence-corrected chi connectivity index (χ1v) is 8.56. The molecule has 1 aliphatic rings. The standard InChI is InChI=1S/C19H24N2O4/c1-13(2)24-9-5-8-21-19(23)16(11-20)18(22)15-10-14-6-3-4-7-17(14)25-12-15/h3-4,6-7,13,15-16H,5,8-10,12H2,1-2H3,(H,21,23). The van der Waals surface area contributed by atoms with Gasteiger partial charge in [-0.3, -0.25) is 9.59 Å². The number of para-hydroxylation sites is 1. The van der Waals surface area contributed by atoms with Gasteiger partial charge in [0.25, 0.3) is 0 Å². The average molecular weight is 344 g/mol. The molecule has 134 valence electrons. The Hall–Kier alpha value is -2.39. The van der Waals surface area contributed by atoms with Crippen LogP contribution in [-0.2, 0) is 20.7 Å². The van der Waals surface area contributed by atoms with Crippen LogP contribution in [0.3, 0.4) is 0 Å². The molecule has 0 aromatic heterocycles. The highest BCUT2D eigenvalue weighted by Crippen LogP contribution is 2.28. The molecule has 2 atom stereocenters. The van der Waals surface area contributed by atoms with Crippen molar-refractivity contribution in [2.75, 3.05) is 19.8 Å². The van der Waals surface area contributed by atoms with Gasteiger partial charge in [-0.05, 0) is 38.3 Å². The van der Waals surface area contributed by atoms with Crippen LogP contribution >= 0.6 is 0 Å². The molecule has 25 heavy (non-hydrogen) atoms. The number of carbonyl (C=O) groups excluding carboxylic acids is 2. The third-order valence-corrected chi connectivity index (χ3v) is 4.03. The van der Waals surface area contributed by atoms with Crippen LogP contribution < -0.4 is 10.1 Å². The number of hydrogen-bond donors (Lipinski definition) is 1. The lowest BCUT2D eigenvalue weighted by Crippen LogP contribution is -2.41. The summed E-state index contributed by atoms with van der Waals surface area (Å²) >= 11 is 0. The quantitative estimate of drug-likeness (QED) is 0.574. The topological polar surface area (TPSA) is 88.4 Å². The zero-order chi connectivity index (χ0) is 18.2. The van der Waals surface area contributed by atoms with Crippen molar-refractivity contribution in [1.29, 1.82) is 5.26 Å². The lowest BCUT2D eigenvalue weighted by Gasteiger charge is -2.25. The van der Waals surface area contributed by atoms with Crippen molar-refractivity contribution >= 4 is 11.7 Å². The first kappa shape index (κ1) is 18.9. The Morgan fingerprint density at radius 1 is 1.40 bits per heavy atom. The minimum absolute atomic E-state index is 0.137. The van der Waals surface area contributed by atoms with E-state index in [0.29, 0.717) is 26.0 Å². The Labute approximate surface area is 148 Å². The Balaban J connectivity index is 1.86. The maximum Gasteiger partial charge on any atom is 0.245 e. The average Bonchev–Trinajstić information content (AvgIpc) is 2.61. The second kappa shape index (κ2) is 9.19. The van der Waals surface area contributed by atoms with Gasteiger partial charge in [-0.25, -0.2) is 0 Å². The number of benzene rings is 1. The van der Waals surface area contributed by atoms with Crippen LogP contribution in [0.1, 0.15) is 25.8 Å². The molecule has 0 saturated carbocycles. The first-order valence-electron chi connectivity index (χ1n) is 8.56. The number of ether oxygens (including phenoxy) is 2. The van der Waals surface area contributed by atoms with Gasteiger partial charge in [-0.15, -0.1) is 0 Å². The molecule has 1 aliphatic heterocycles. The van der Waals surface area contributed by atoms with Gasteiger partial charge < -0.3 is 14.8 Å². The van der Waals surface area contributed by atoms with E-state index < -0.39 is 17.7 Å². The SMILES string of the molecule is CC(C)OCCCNC(=O)C(C#N)C(=O)C1COc2ccccc2C1. The van der Waals surface area contributed by atoms with E-state index in [1.165, 1.54) is 0 Å². The minimum Gasteiger partial charge on any atom is -0.493 e. The smallest absolute Gasteiger partial charge is 0.245 e. The summed E-state index contributed by atoms with van der Waals surface area (Å²) in [4.78, 5) is 24.7. The highest BCUT2D eigenvalue weighted by Gasteiger charge is 2.35. The predicted octanol–water partition coefficient (Wildman–Crippen LogP) is 1.88. The number of Topliss-reactive ketones (excluding diaryl/α,β-unsaturated/α-hetero) is 1. The van der Waals surface area contributed by atoms with E-state index in [4.69, 9.17) is 9.47 Å². The number of nitrogens with zero attached hydrogens (tertiary/aromatic N) is 1. The molecule has 0 radical (unpaired) electrons. The summed E-state index contributed by atoms with van der Waals surface area (Å²) < 4.78 is 11.0. The fourth-order valence-corrected chi connectivity index (χ4v) is 2.70. The molecular weight excluding hydrogens is 320 g/mol. The molecule has 1 amide bonds. The van der Waals surface area contributed by atoms with Gasteiger partial charge in [-0.1, -0.05) is 18.2 Å². The molecule has 1 N–H and O–H groups in total. The van der Waals surface area contributed by atoms with Gasteiger partial charge in [0.15, 0.2) is 11.7 Å². The van der Waals surface area contributed by atoms with Crippen molar-refractivity contribution in [3.8, 4) is 11.8 Å². The van der Waals surface area contributed by atoms with E-state index in [1.807, 2.05) is 44.2 Å². The Morgan fingerprint density at radius 3 is 2.88 bits per heavy atom. The van der Waals surface area contributed by atoms with Crippen LogP contribution in [0.2, 0.25) is 0 Å². The van der Waals surface area contributed by atoms with Gasteiger partial charge in [0.1, 0.15) is 5.75 Å². The lowest BCUT2D eigenvalue weighted by atomic mass is 9.87. The molecule has 2 unspecified atom stereocenters. The van der Waals surface area contributed by atoms with E-state index in [9.17, 15) is 14.9 Å². The van der Waals surface area contributed by atoms with Gasteiger partial charge in [0.2, 0.25) is 5.91 Å². The maximum atomic E-state index is 12.6. The highest BCUT2D eigenvalue weighted by molar-refractivity contribution is 6.05. The third kappa shape index (κ3) is 5.30. The van der Waals surface area contributed by atoms with Crippen molar-refractivity contribution in [2.24, 2.45) is 11.8 Å². The molecule has 0 fully saturated rings. The van der Waals surface area contributed by atoms with Gasteiger partial charge >= 0.3 is 0 Å². The van der Waals surface area contributed by atoms with Gasteiger partial charge in [0, 0.05) is 13.2 Å². The normalized spacial score (nSPS) is 17.1. The largest absolute Gasteiger partial charge is 0.493 e. The Bertz CT molecular complexity index is 651. The van der Waals surface area contributed by atoms with Crippen LogP contribution in [0.25, 0.3) is 0 Å². The van der Waals surface area contributed by atoms with Gasteiger partial charge in [-0.2, -0.15) is 5.26 Å². The molecule has 6 nitrogen and oxygen atoms in total. The monoisotopic (exact) mass is 344 g/mol. The number of ketones is 1. The summed E-state index contributed by atoms with van der Waals surface area (Å²) in [5.74, 6) is -1.95. The van der Waals surface area contributed by atoms with E-state index >= 15 is 0 Å². The number of amides is 1. The van der Waals surface area contributed by atoms with Crippen LogP contribution in [0.4, 0.5) is 0 Å². The van der Waals surface area contributed by atoms with Crippen molar-refractivity contribution in [3.05, 3.63) is 29.8 Å². The van der Waals surface area contributed by atoms with Crippen LogP contribution in [-0.4, -0.2) is 37.6 Å². The number of nitrogens with one attached hydrogen (secondary N) is 1. The molecule has 2 rings (SSSR count). The first-order chi connectivity index (χ1) is 12.0. The van der Waals surface area contributed by atoms with E-state index in [-0.39, 0.29) is 18.5 Å². The summed E-state index contributed by atoms with van der Waals surface area (Å²) in [5.41, 5.74) is 0.926. The zero-order valence-corrected chi connectivity index (χ0v) is 14.7. The van der Waals surface area contributed by atoms with E-state index in [0.717, 1.165) is 11.3 Å². The summed E-state index contributed by atoms with van der Waals surface area (Å²) in [6, 6.07) is 9.33. The summed E-state index contributed by atoms with van der Waals surface area (Å²) in [5, 5.41) is 11.9. The second-order valence-electron chi connectivity index (χ2n) is 6.35. The molecule has 0 spiro atoms. The highest BCUT2D eigenvalue weighted by atomic mass is 16.5. The molecule has 1 aromatic rings. The Kier molecular flexibility index (Phi) is 6.96. The minimum atomic E-state index is -1.30. The molecule has 0 aliphatic carbocycles. The Morgan fingerprint density at radius 2 is 2.16 bits per heavy atom. The number of nitriles is 1. The molecule has 1 heterocycles. The van der Waals surface area contributed by atoms with E-state index in [2.05, 4.69) is 5.32 Å². The van der Waals surface area contributed by atoms with Crippen molar-refractivity contribution in [2.45, 2.75) is 32.8 Å². The molecule has 1 aromatic carbocycles. The van der Waals surface area contributed by atoms with Crippen LogP contribution in [0.15, 0.2) is 24.3 Å². The zero-order valence-electron chi connectivity index (χ0n) is 14.7. The van der Waals surface area contributed by atoms with E-state index in [1.54, 1.807) is 0 Å². The fraction of sp³-hybridized carbons (Fsp3) is 0.526. The number of hydrogen-bond acceptors (Lipinski definition) is 5. The van der Waals surface area contributed by atoms with Crippen molar-refractivity contribution in [3.63, 3.8) is 0 Å². The number of fused-ring (bicyclic) bond motifs is 1. The van der Waals surface area contributed by atoms with Crippen molar-refractivity contribution in [1.82, 2.24) is 5.32 Å². The summed E-state index contributed by atoms with van der Waals surface area (Å²) in [6.45, 7) is 4.97. The van der Waals surface area contributed by atoms with Gasteiger partial charge in [0.05, 0.1) is 24.7 Å². The molecule has 6 heteroatoms. The van der Waals surface area contributed by atoms with Crippen molar-refractivity contribution < 1.29 is 19.1 Å². The molecule has 0 bridgehead atoms. The predicted molar refractivity (Wildman–Crippen MR) is 92.0 cm³/mol. The maximum absolute atomic E-state index is 12.6. The summed E-state index contributed by atoms with van der Waals surface area (Å²) in [7, 11) is 0. The summed E-state index contributed by atoms with van der Waals surface area (Å²) in [6.07, 6.45) is 1.26. The third-order valence-electron chi connectivity index (χ3n) is 4.03. The fourth-order valence-electron chi connectivity index (χ4n) is 2.70. The second-order valence-corrected chi connectivity index (χ2v) is 6.35. The van der Waals surface area contributed by atoms with Crippen LogP contribution in [0.5, 0.6) is 5.75 Å². The molecular formula is C19H24N2O4. The number of carbonyl (C=O) groups is 2. The number of rotatable bonds is 8. The lowest BCUT2D eigenvalue weighted by molar-refractivity contribution is -0.134.